The Kier molecular flexibility index (Phi) is 4.89. The standard InChI is InChI=1S/C36H24/c1-4-11-25(12-5-1)33(26-13-6-2-7-14-26)35(27-15-8-3-9-16-27)31-24-22-30-20-19-28-17-10-18-29-21-23-32(31)36(30)34(28)29/h1-24H. The van der Waals surface area contributed by atoms with Crippen LogP contribution in [0.4, 0.5) is 0 Å². The van der Waals surface area contributed by atoms with Gasteiger partial charge in [-0.25, -0.2) is 0 Å². The second-order valence-electron chi connectivity index (χ2n) is 9.32. The van der Waals surface area contributed by atoms with Crippen LogP contribution in [0, 0.1) is 0 Å². The smallest absolute Gasteiger partial charge is 0.00206 e. The van der Waals surface area contributed by atoms with E-state index in [4.69, 9.17) is 0 Å². The minimum Gasteiger partial charge on any atom is -0.0622 e. The van der Waals surface area contributed by atoms with E-state index in [1.807, 2.05) is 0 Å². The Hall–Kier alpha value is -4.68. The Morgan fingerprint density at radius 3 is 1.31 bits per heavy atom. The highest BCUT2D eigenvalue weighted by Crippen LogP contribution is 2.43. The van der Waals surface area contributed by atoms with Crippen LogP contribution >= 0.6 is 0 Å². The maximum atomic E-state index is 2.32. The Morgan fingerprint density at radius 2 is 0.750 bits per heavy atom. The van der Waals surface area contributed by atoms with Gasteiger partial charge in [0.05, 0.1) is 0 Å². The molecule has 0 radical (unpaired) electrons. The Balaban J connectivity index is 1.67. The molecule has 0 bridgehead atoms. The molecule has 7 aromatic carbocycles. The molecule has 0 saturated carbocycles. The van der Waals surface area contributed by atoms with E-state index in [-0.39, 0.29) is 0 Å². The summed E-state index contributed by atoms with van der Waals surface area (Å²) in [5.41, 5.74) is 7.41. The van der Waals surface area contributed by atoms with Crippen molar-refractivity contribution in [1.82, 2.24) is 0 Å². The van der Waals surface area contributed by atoms with Crippen molar-refractivity contribution >= 4 is 43.5 Å². The summed E-state index contributed by atoms with van der Waals surface area (Å²) in [5, 5.41) is 7.85. The zero-order valence-electron chi connectivity index (χ0n) is 19.9. The monoisotopic (exact) mass is 456 g/mol. The Labute approximate surface area is 211 Å². The topological polar surface area (TPSA) is 0 Å². The molecule has 7 aromatic rings. The van der Waals surface area contributed by atoms with Gasteiger partial charge in [0.2, 0.25) is 0 Å². The summed E-state index contributed by atoms with van der Waals surface area (Å²) in [6.45, 7) is 0. The summed E-state index contributed by atoms with van der Waals surface area (Å²) in [4.78, 5) is 0. The minimum atomic E-state index is 1.22. The lowest BCUT2D eigenvalue weighted by Crippen LogP contribution is -1.99. The summed E-state index contributed by atoms with van der Waals surface area (Å²) in [6.07, 6.45) is 0. The van der Waals surface area contributed by atoms with Crippen molar-refractivity contribution in [2.75, 3.05) is 0 Å². The van der Waals surface area contributed by atoms with Crippen LogP contribution in [0.5, 0.6) is 0 Å². The second-order valence-corrected chi connectivity index (χ2v) is 9.32. The summed E-state index contributed by atoms with van der Waals surface area (Å²) in [7, 11) is 0. The van der Waals surface area contributed by atoms with Crippen LogP contribution in [0.1, 0.15) is 22.3 Å². The first-order valence-electron chi connectivity index (χ1n) is 12.5. The molecule has 0 nitrogen and oxygen atoms in total. The first-order valence-corrected chi connectivity index (χ1v) is 12.5. The van der Waals surface area contributed by atoms with E-state index < -0.39 is 0 Å². The largest absolute Gasteiger partial charge is 0.0622 e. The third-order valence-electron chi connectivity index (χ3n) is 7.24. The number of hydrogen-bond acceptors (Lipinski definition) is 0. The van der Waals surface area contributed by atoms with E-state index in [0.29, 0.717) is 0 Å². The molecule has 0 aliphatic heterocycles. The SMILES string of the molecule is c1ccc(C(=C(c2ccccc2)c2ccc3ccc4cccc5ccc2c3c45)c2ccccc2)cc1. The highest BCUT2D eigenvalue weighted by molar-refractivity contribution is 6.25. The third-order valence-corrected chi connectivity index (χ3v) is 7.24. The molecule has 0 heteroatoms. The van der Waals surface area contributed by atoms with Gasteiger partial charge in [-0.3, -0.25) is 0 Å². The first kappa shape index (κ1) is 20.7. The van der Waals surface area contributed by atoms with Crippen molar-refractivity contribution in [3.05, 3.63) is 168 Å². The Morgan fingerprint density at radius 1 is 0.306 bits per heavy atom. The van der Waals surface area contributed by atoms with Gasteiger partial charge in [-0.2, -0.15) is 0 Å². The Bertz CT molecular complexity index is 1790. The molecule has 36 heavy (non-hydrogen) atoms. The van der Waals surface area contributed by atoms with Crippen LogP contribution in [-0.4, -0.2) is 0 Å². The summed E-state index contributed by atoms with van der Waals surface area (Å²) in [6, 6.07) is 52.7. The highest BCUT2D eigenvalue weighted by atomic mass is 14.2. The van der Waals surface area contributed by atoms with Gasteiger partial charge in [-0.15, -0.1) is 0 Å². The lowest BCUT2D eigenvalue weighted by molar-refractivity contribution is 1.52. The summed E-state index contributed by atoms with van der Waals surface area (Å²) in [5.74, 6) is 0. The molecule has 0 aliphatic rings. The van der Waals surface area contributed by atoms with Gasteiger partial charge >= 0.3 is 0 Å². The molecular weight excluding hydrogens is 432 g/mol. The summed E-state index contributed by atoms with van der Waals surface area (Å²) < 4.78 is 0. The van der Waals surface area contributed by atoms with Crippen LogP contribution in [0.2, 0.25) is 0 Å². The molecule has 0 spiro atoms. The van der Waals surface area contributed by atoms with Crippen LogP contribution in [0.3, 0.4) is 0 Å². The molecule has 0 aromatic heterocycles. The van der Waals surface area contributed by atoms with Gasteiger partial charge in [0, 0.05) is 0 Å². The minimum absolute atomic E-state index is 1.22. The zero-order chi connectivity index (χ0) is 23.9. The van der Waals surface area contributed by atoms with Gasteiger partial charge in [0.1, 0.15) is 0 Å². The van der Waals surface area contributed by atoms with Gasteiger partial charge in [0.25, 0.3) is 0 Å². The molecule has 0 heterocycles. The molecule has 0 aliphatic carbocycles. The predicted molar refractivity (Wildman–Crippen MR) is 154 cm³/mol. The van der Waals surface area contributed by atoms with Gasteiger partial charge in [-0.05, 0) is 65.7 Å². The van der Waals surface area contributed by atoms with Gasteiger partial charge in [-0.1, -0.05) is 146 Å². The molecule has 0 unspecified atom stereocenters. The van der Waals surface area contributed by atoms with E-state index in [1.54, 1.807) is 0 Å². The normalized spacial score (nSPS) is 11.3. The van der Waals surface area contributed by atoms with Crippen molar-refractivity contribution < 1.29 is 0 Å². The van der Waals surface area contributed by atoms with Crippen molar-refractivity contribution in [3.8, 4) is 0 Å². The van der Waals surface area contributed by atoms with Gasteiger partial charge in [0.15, 0.2) is 0 Å². The molecule has 168 valence electrons. The number of rotatable bonds is 4. The van der Waals surface area contributed by atoms with Crippen LogP contribution < -0.4 is 0 Å². The fraction of sp³-hybridized carbons (Fsp3) is 0. The average Bonchev–Trinajstić information content (AvgIpc) is 2.96. The molecule has 0 N–H and O–H groups in total. The molecule has 0 saturated heterocycles. The van der Waals surface area contributed by atoms with Crippen molar-refractivity contribution in [2.24, 2.45) is 0 Å². The molecular formula is C36H24. The van der Waals surface area contributed by atoms with E-state index in [0.717, 1.165) is 0 Å². The van der Waals surface area contributed by atoms with Crippen molar-refractivity contribution in [1.29, 1.82) is 0 Å². The lowest BCUT2D eigenvalue weighted by atomic mass is 9.82. The zero-order valence-corrected chi connectivity index (χ0v) is 19.9. The maximum absolute atomic E-state index is 2.32. The molecule has 0 fully saturated rings. The highest BCUT2D eigenvalue weighted by Gasteiger charge is 2.19. The fourth-order valence-corrected chi connectivity index (χ4v) is 5.66. The van der Waals surface area contributed by atoms with Crippen LogP contribution in [0.15, 0.2) is 146 Å². The molecule has 7 rings (SSSR count). The van der Waals surface area contributed by atoms with Crippen LogP contribution in [-0.2, 0) is 0 Å². The van der Waals surface area contributed by atoms with E-state index in [1.165, 1.54) is 65.7 Å². The molecule has 0 amide bonds. The third kappa shape index (κ3) is 3.31. The molecule has 0 atom stereocenters. The second kappa shape index (κ2) is 8.52. The van der Waals surface area contributed by atoms with E-state index in [2.05, 4.69) is 146 Å². The lowest BCUT2D eigenvalue weighted by Gasteiger charge is -2.21. The van der Waals surface area contributed by atoms with E-state index in [9.17, 15) is 0 Å². The van der Waals surface area contributed by atoms with Gasteiger partial charge < -0.3 is 0 Å². The first-order chi connectivity index (χ1) is 17.9. The van der Waals surface area contributed by atoms with Crippen LogP contribution in [0.25, 0.3) is 43.5 Å². The van der Waals surface area contributed by atoms with E-state index >= 15 is 0 Å². The summed E-state index contributed by atoms with van der Waals surface area (Å²) >= 11 is 0. The quantitative estimate of drug-likeness (QED) is 0.183. The average molecular weight is 457 g/mol. The fourth-order valence-electron chi connectivity index (χ4n) is 5.66. The van der Waals surface area contributed by atoms with Crippen molar-refractivity contribution in [3.63, 3.8) is 0 Å². The number of hydrogen-bond donors (Lipinski definition) is 0. The predicted octanol–water partition coefficient (Wildman–Crippen LogP) is 9.59. The van der Waals surface area contributed by atoms with Crippen molar-refractivity contribution in [2.45, 2.75) is 0 Å². The number of benzene rings is 7. The maximum Gasteiger partial charge on any atom is -0.00206 e.